The first-order valence-electron chi connectivity index (χ1n) is 8.95. The quantitative estimate of drug-likeness (QED) is 0.432. The van der Waals surface area contributed by atoms with E-state index >= 15 is 0 Å². The first-order chi connectivity index (χ1) is 13.1. The fourth-order valence-corrected chi connectivity index (χ4v) is 3.59. The highest BCUT2D eigenvalue weighted by Gasteiger charge is 2.17. The summed E-state index contributed by atoms with van der Waals surface area (Å²) in [6, 6.07) is 24.6. The summed E-state index contributed by atoms with van der Waals surface area (Å²) in [6.45, 7) is 3.61. The van der Waals surface area contributed by atoms with Crippen molar-refractivity contribution in [2.24, 2.45) is 0 Å². The van der Waals surface area contributed by atoms with Gasteiger partial charge in [-0.2, -0.15) is 0 Å². The number of carbonyl (C=O) groups is 1. The molecule has 4 aromatic rings. The van der Waals surface area contributed by atoms with Gasteiger partial charge in [-0.25, -0.2) is 0 Å². The van der Waals surface area contributed by atoms with E-state index in [9.17, 15) is 4.79 Å². The number of methoxy groups -OCH3 is 1. The van der Waals surface area contributed by atoms with Gasteiger partial charge in [0.25, 0.3) is 0 Å². The standard InChI is InChI=1S/C24H21NO2/c1-16-23(17(2)26)15-24(25(16)21-10-12-22(27-3)13-11-21)20-9-8-18-6-4-5-7-19(18)14-20/h4-15H,1-3H3. The minimum atomic E-state index is 0.0711. The number of ketones is 1. The molecule has 1 heterocycles. The van der Waals surface area contributed by atoms with E-state index in [1.165, 1.54) is 10.8 Å². The van der Waals surface area contributed by atoms with E-state index in [-0.39, 0.29) is 5.78 Å². The highest BCUT2D eigenvalue weighted by atomic mass is 16.5. The Kier molecular flexibility index (Phi) is 4.28. The number of ether oxygens (including phenoxy) is 1. The van der Waals surface area contributed by atoms with Crippen molar-refractivity contribution >= 4 is 16.6 Å². The molecule has 0 saturated heterocycles. The van der Waals surface area contributed by atoms with Crippen LogP contribution < -0.4 is 4.74 Å². The summed E-state index contributed by atoms with van der Waals surface area (Å²) in [4.78, 5) is 12.2. The monoisotopic (exact) mass is 355 g/mol. The lowest BCUT2D eigenvalue weighted by Crippen LogP contribution is -2.01. The van der Waals surface area contributed by atoms with Crippen LogP contribution in [-0.4, -0.2) is 17.5 Å². The highest BCUT2D eigenvalue weighted by Crippen LogP contribution is 2.32. The number of rotatable bonds is 4. The summed E-state index contributed by atoms with van der Waals surface area (Å²) in [5.41, 5.74) is 4.78. The molecular formula is C24H21NO2. The molecule has 3 heteroatoms. The van der Waals surface area contributed by atoms with Crippen molar-refractivity contribution < 1.29 is 9.53 Å². The van der Waals surface area contributed by atoms with Crippen molar-refractivity contribution in [1.82, 2.24) is 4.57 Å². The van der Waals surface area contributed by atoms with Crippen LogP contribution in [0.25, 0.3) is 27.7 Å². The zero-order valence-electron chi connectivity index (χ0n) is 15.7. The Morgan fingerprint density at radius 1 is 0.889 bits per heavy atom. The number of fused-ring (bicyclic) bond motifs is 1. The number of aromatic nitrogens is 1. The van der Waals surface area contributed by atoms with Crippen molar-refractivity contribution in [3.8, 4) is 22.7 Å². The molecule has 3 aromatic carbocycles. The minimum Gasteiger partial charge on any atom is -0.497 e. The van der Waals surface area contributed by atoms with Crippen LogP contribution >= 0.6 is 0 Å². The lowest BCUT2D eigenvalue weighted by Gasteiger charge is -2.13. The molecule has 4 rings (SSSR count). The van der Waals surface area contributed by atoms with Gasteiger partial charge < -0.3 is 9.30 Å². The summed E-state index contributed by atoms with van der Waals surface area (Å²) in [7, 11) is 1.66. The predicted octanol–water partition coefficient (Wildman–Crippen LogP) is 5.82. The van der Waals surface area contributed by atoms with E-state index in [2.05, 4.69) is 34.9 Å². The Balaban J connectivity index is 1.95. The van der Waals surface area contributed by atoms with E-state index in [0.29, 0.717) is 0 Å². The molecule has 0 aliphatic rings. The molecule has 0 amide bonds. The number of carbonyl (C=O) groups excluding carboxylic acids is 1. The van der Waals surface area contributed by atoms with Crippen LogP contribution in [0.3, 0.4) is 0 Å². The van der Waals surface area contributed by atoms with E-state index in [4.69, 9.17) is 4.74 Å². The Hall–Kier alpha value is -3.33. The van der Waals surface area contributed by atoms with E-state index in [0.717, 1.165) is 34.0 Å². The molecule has 0 saturated carbocycles. The van der Waals surface area contributed by atoms with Crippen LogP contribution in [0.5, 0.6) is 5.75 Å². The molecule has 3 nitrogen and oxygen atoms in total. The summed E-state index contributed by atoms with van der Waals surface area (Å²) >= 11 is 0. The van der Waals surface area contributed by atoms with Crippen LogP contribution in [0.15, 0.2) is 72.8 Å². The zero-order valence-corrected chi connectivity index (χ0v) is 15.7. The summed E-state index contributed by atoms with van der Waals surface area (Å²) in [5.74, 6) is 0.879. The van der Waals surface area contributed by atoms with Crippen LogP contribution in [0, 0.1) is 6.92 Å². The molecule has 0 aliphatic heterocycles. The van der Waals surface area contributed by atoms with Crippen molar-refractivity contribution in [3.63, 3.8) is 0 Å². The Labute approximate surface area is 158 Å². The maximum atomic E-state index is 12.2. The van der Waals surface area contributed by atoms with Gasteiger partial charge in [-0.05, 0) is 66.6 Å². The Morgan fingerprint density at radius 3 is 2.26 bits per heavy atom. The fraction of sp³-hybridized carbons (Fsp3) is 0.125. The molecule has 1 aromatic heterocycles. The molecule has 0 fully saturated rings. The van der Waals surface area contributed by atoms with E-state index in [1.807, 2.05) is 49.4 Å². The maximum absolute atomic E-state index is 12.2. The van der Waals surface area contributed by atoms with Gasteiger partial charge in [0.1, 0.15) is 5.75 Å². The predicted molar refractivity (Wildman–Crippen MR) is 110 cm³/mol. The third kappa shape index (κ3) is 3.02. The first-order valence-corrected chi connectivity index (χ1v) is 8.95. The second kappa shape index (κ2) is 6.76. The second-order valence-corrected chi connectivity index (χ2v) is 6.68. The molecule has 0 atom stereocenters. The Bertz CT molecular complexity index is 1140. The molecule has 0 radical (unpaired) electrons. The number of benzene rings is 3. The van der Waals surface area contributed by atoms with Crippen LogP contribution in [0.4, 0.5) is 0 Å². The van der Waals surface area contributed by atoms with Gasteiger partial charge in [-0.15, -0.1) is 0 Å². The molecule has 0 aliphatic carbocycles. The smallest absolute Gasteiger partial charge is 0.161 e. The molecule has 27 heavy (non-hydrogen) atoms. The molecule has 0 bridgehead atoms. The van der Waals surface area contributed by atoms with Gasteiger partial charge in [-0.1, -0.05) is 36.4 Å². The number of Topliss-reactive ketones (excluding diaryl/α,β-unsaturated/α-hetero) is 1. The van der Waals surface area contributed by atoms with Crippen molar-refractivity contribution in [1.29, 1.82) is 0 Å². The largest absolute Gasteiger partial charge is 0.497 e. The van der Waals surface area contributed by atoms with Crippen molar-refractivity contribution in [3.05, 3.63) is 84.1 Å². The maximum Gasteiger partial charge on any atom is 0.161 e. The van der Waals surface area contributed by atoms with Gasteiger partial charge in [0.2, 0.25) is 0 Å². The second-order valence-electron chi connectivity index (χ2n) is 6.68. The lowest BCUT2D eigenvalue weighted by atomic mass is 10.0. The summed E-state index contributed by atoms with van der Waals surface area (Å²) < 4.78 is 7.42. The van der Waals surface area contributed by atoms with Gasteiger partial charge in [0.05, 0.1) is 12.8 Å². The molecular weight excluding hydrogens is 334 g/mol. The van der Waals surface area contributed by atoms with Crippen molar-refractivity contribution in [2.75, 3.05) is 7.11 Å². The lowest BCUT2D eigenvalue weighted by molar-refractivity contribution is 0.101. The fourth-order valence-electron chi connectivity index (χ4n) is 3.59. The number of hydrogen-bond donors (Lipinski definition) is 0. The topological polar surface area (TPSA) is 31.2 Å². The first kappa shape index (κ1) is 17.1. The van der Waals surface area contributed by atoms with Gasteiger partial charge >= 0.3 is 0 Å². The van der Waals surface area contributed by atoms with Gasteiger partial charge in [0, 0.05) is 16.9 Å². The van der Waals surface area contributed by atoms with E-state index in [1.54, 1.807) is 14.0 Å². The summed E-state index contributed by atoms with van der Waals surface area (Å²) in [6.07, 6.45) is 0. The summed E-state index contributed by atoms with van der Waals surface area (Å²) in [5, 5.41) is 2.38. The van der Waals surface area contributed by atoms with Crippen LogP contribution in [-0.2, 0) is 0 Å². The average Bonchev–Trinajstić information content (AvgIpc) is 3.05. The van der Waals surface area contributed by atoms with Crippen LogP contribution in [0.2, 0.25) is 0 Å². The SMILES string of the molecule is COc1ccc(-n2c(-c3ccc4ccccc4c3)cc(C(C)=O)c2C)cc1. The number of hydrogen-bond acceptors (Lipinski definition) is 2. The van der Waals surface area contributed by atoms with Crippen LogP contribution in [0.1, 0.15) is 23.0 Å². The minimum absolute atomic E-state index is 0.0711. The van der Waals surface area contributed by atoms with Crippen molar-refractivity contribution in [2.45, 2.75) is 13.8 Å². The number of nitrogens with zero attached hydrogens (tertiary/aromatic N) is 1. The average molecular weight is 355 g/mol. The third-order valence-corrected chi connectivity index (χ3v) is 5.00. The van der Waals surface area contributed by atoms with Gasteiger partial charge in [-0.3, -0.25) is 4.79 Å². The third-order valence-electron chi connectivity index (χ3n) is 5.00. The molecule has 0 unspecified atom stereocenters. The zero-order chi connectivity index (χ0) is 19.0. The van der Waals surface area contributed by atoms with E-state index < -0.39 is 0 Å². The molecule has 0 N–H and O–H groups in total. The highest BCUT2D eigenvalue weighted by molar-refractivity contribution is 5.97. The Morgan fingerprint density at radius 2 is 1.59 bits per heavy atom. The molecule has 134 valence electrons. The van der Waals surface area contributed by atoms with Gasteiger partial charge in [0.15, 0.2) is 5.78 Å². The normalized spacial score (nSPS) is 10.9. The molecule has 0 spiro atoms.